The average Bonchev–Trinajstić information content (AvgIpc) is 3.05. The molecule has 0 spiro atoms. The predicted octanol–water partition coefficient (Wildman–Crippen LogP) is 1.50. The van der Waals surface area contributed by atoms with Crippen molar-refractivity contribution in [2.75, 3.05) is 26.8 Å². The van der Waals surface area contributed by atoms with Crippen molar-refractivity contribution in [1.29, 1.82) is 0 Å². The molecule has 0 unspecified atom stereocenters. The Labute approximate surface area is 199 Å². The first kappa shape index (κ1) is 24.0. The van der Waals surface area contributed by atoms with Crippen LogP contribution in [0.2, 0.25) is 0 Å². The highest BCUT2D eigenvalue weighted by Gasteiger charge is 2.49. The molecule has 0 radical (unpaired) electrons. The third kappa shape index (κ3) is 4.76. The SMILES string of the molecule is COCCN(Cc1nc2ccccc2c(=O)[nH]1)C(=O)CN1C(=O)N[C@@](C)(c2ccc(F)cc2)C1=O. The van der Waals surface area contributed by atoms with Crippen molar-refractivity contribution in [2.45, 2.75) is 19.0 Å². The van der Waals surface area contributed by atoms with Crippen LogP contribution < -0.4 is 10.9 Å². The minimum atomic E-state index is -1.44. The van der Waals surface area contributed by atoms with Crippen molar-refractivity contribution in [2.24, 2.45) is 0 Å². The molecular weight excluding hydrogens is 457 g/mol. The van der Waals surface area contributed by atoms with Crippen LogP contribution in [0.4, 0.5) is 9.18 Å². The fraction of sp³-hybridized carbons (Fsp3) is 0.292. The number of carbonyl (C=O) groups is 3. The van der Waals surface area contributed by atoms with Gasteiger partial charge in [-0.25, -0.2) is 14.2 Å². The van der Waals surface area contributed by atoms with Crippen LogP contribution in [0.3, 0.4) is 0 Å². The first-order chi connectivity index (χ1) is 16.7. The Morgan fingerprint density at radius 2 is 1.86 bits per heavy atom. The number of halogens is 1. The van der Waals surface area contributed by atoms with Gasteiger partial charge in [-0.05, 0) is 36.8 Å². The molecule has 0 saturated carbocycles. The Morgan fingerprint density at radius 3 is 2.57 bits per heavy atom. The van der Waals surface area contributed by atoms with Crippen molar-refractivity contribution >= 4 is 28.7 Å². The standard InChI is InChI=1S/C24H24FN5O5/c1-24(15-7-9-16(25)10-8-15)22(33)30(23(34)28-24)14-20(31)29(11-12-35-2)13-19-26-18-6-4-3-5-17(18)21(32)27-19/h3-10H,11-14H2,1-2H3,(H,28,34)(H,26,27,32)/t24-/m0/s1. The number of para-hydroxylation sites is 1. The van der Waals surface area contributed by atoms with Crippen LogP contribution in [0.5, 0.6) is 0 Å². The molecule has 1 atom stereocenters. The number of amides is 4. The summed E-state index contributed by atoms with van der Waals surface area (Å²) in [4.78, 5) is 60.6. The first-order valence-electron chi connectivity index (χ1n) is 10.9. The van der Waals surface area contributed by atoms with Crippen LogP contribution in [-0.4, -0.2) is 64.4 Å². The van der Waals surface area contributed by atoms with E-state index in [1.807, 2.05) is 0 Å². The van der Waals surface area contributed by atoms with Gasteiger partial charge in [0.25, 0.3) is 11.5 Å². The lowest BCUT2D eigenvalue weighted by atomic mass is 9.92. The van der Waals surface area contributed by atoms with E-state index < -0.39 is 35.7 Å². The Kier molecular flexibility index (Phi) is 6.61. The van der Waals surface area contributed by atoms with Crippen LogP contribution >= 0.6 is 0 Å². The number of aromatic nitrogens is 2. The van der Waals surface area contributed by atoms with Crippen LogP contribution in [-0.2, 0) is 26.4 Å². The molecule has 1 saturated heterocycles. The number of carbonyl (C=O) groups excluding carboxylic acids is 3. The monoisotopic (exact) mass is 481 g/mol. The van der Waals surface area contributed by atoms with Crippen LogP contribution in [0.1, 0.15) is 18.3 Å². The van der Waals surface area contributed by atoms with Gasteiger partial charge in [0.05, 0.1) is 24.1 Å². The molecule has 1 aromatic heterocycles. The lowest BCUT2D eigenvalue weighted by Gasteiger charge is -2.25. The number of nitrogens with one attached hydrogen (secondary N) is 2. The Balaban J connectivity index is 1.54. The molecule has 4 amide bonds. The number of benzene rings is 2. The van der Waals surface area contributed by atoms with E-state index in [1.54, 1.807) is 24.3 Å². The summed E-state index contributed by atoms with van der Waals surface area (Å²) in [5, 5.41) is 3.01. The van der Waals surface area contributed by atoms with Gasteiger partial charge < -0.3 is 19.9 Å². The third-order valence-electron chi connectivity index (χ3n) is 5.91. The zero-order chi connectivity index (χ0) is 25.2. The van der Waals surface area contributed by atoms with Gasteiger partial charge in [-0.15, -0.1) is 0 Å². The molecule has 3 aromatic rings. The van der Waals surface area contributed by atoms with Crippen molar-refractivity contribution in [3.05, 3.63) is 76.1 Å². The van der Waals surface area contributed by atoms with Crippen LogP contribution in [0, 0.1) is 5.82 Å². The summed E-state index contributed by atoms with van der Waals surface area (Å²) in [7, 11) is 1.48. The molecule has 35 heavy (non-hydrogen) atoms. The summed E-state index contributed by atoms with van der Waals surface area (Å²) in [6.45, 7) is 1.25. The van der Waals surface area contributed by atoms with Gasteiger partial charge in [0.15, 0.2) is 0 Å². The summed E-state index contributed by atoms with van der Waals surface area (Å²) in [5.41, 5.74) is -0.905. The summed E-state index contributed by atoms with van der Waals surface area (Å²) in [6, 6.07) is 11.3. The zero-order valence-corrected chi connectivity index (χ0v) is 19.2. The zero-order valence-electron chi connectivity index (χ0n) is 19.2. The largest absolute Gasteiger partial charge is 0.383 e. The second-order valence-electron chi connectivity index (χ2n) is 8.29. The smallest absolute Gasteiger partial charge is 0.325 e. The molecule has 2 aromatic carbocycles. The maximum absolute atomic E-state index is 13.3. The van der Waals surface area contributed by atoms with E-state index in [4.69, 9.17) is 4.74 Å². The van der Waals surface area contributed by atoms with Gasteiger partial charge in [0, 0.05) is 13.7 Å². The summed E-state index contributed by atoms with van der Waals surface area (Å²) in [6.07, 6.45) is 0. The van der Waals surface area contributed by atoms with Crippen LogP contribution in [0.15, 0.2) is 53.3 Å². The Hall–Kier alpha value is -4.12. The number of ether oxygens (including phenoxy) is 1. The molecule has 10 nitrogen and oxygen atoms in total. The van der Waals surface area contributed by atoms with Crippen molar-refractivity contribution in [1.82, 2.24) is 25.1 Å². The second kappa shape index (κ2) is 9.63. The van der Waals surface area contributed by atoms with Gasteiger partial charge in [-0.1, -0.05) is 24.3 Å². The molecular formula is C24H24FN5O5. The fourth-order valence-electron chi connectivity index (χ4n) is 3.94. The van der Waals surface area contributed by atoms with Gasteiger partial charge in [0.2, 0.25) is 5.91 Å². The normalized spacial score (nSPS) is 17.6. The lowest BCUT2D eigenvalue weighted by Crippen LogP contribution is -2.45. The van der Waals surface area contributed by atoms with Crippen LogP contribution in [0.25, 0.3) is 10.9 Å². The highest BCUT2D eigenvalue weighted by molar-refractivity contribution is 6.09. The van der Waals surface area contributed by atoms with Gasteiger partial charge in [-0.2, -0.15) is 0 Å². The third-order valence-corrected chi connectivity index (χ3v) is 5.91. The van der Waals surface area contributed by atoms with Gasteiger partial charge in [-0.3, -0.25) is 19.3 Å². The predicted molar refractivity (Wildman–Crippen MR) is 124 cm³/mol. The number of imide groups is 1. The maximum Gasteiger partial charge on any atom is 0.325 e. The molecule has 11 heteroatoms. The van der Waals surface area contributed by atoms with E-state index in [0.717, 1.165) is 4.90 Å². The quantitative estimate of drug-likeness (QED) is 0.470. The number of methoxy groups -OCH3 is 1. The number of fused-ring (bicyclic) bond motifs is 1. The molecule has 1 fully saturated rings. The van der Waals surface area contributed by atoms with E-state index in [2.05, 4.69) is 15.3 Å². The molecule has 182 valence electrons. The van der Waals surface area contributed by atoms with Crippen molar-refractivity contribution in [3.8, 4) is 0 Å². The number of aromatic amines is 1. The molecule has 0 bridgehead atoms. The molecule has 2 N–H and O–H groups in total. The van der Waals surface area contributed by atoms with E-state index in [-0.39, 0.29) is 31.1 Å². The summed E-state index contributed by atoms with van der Waals surface area (Å²) in [5.74, 6) is -1.39. The Morgan fingerprint density at radius 1 is 1.14 bits per heavy atom. The van der Waals surface area contributed by atoms with E-state index >= 15 is 0 Å². The summed E-state index contributed by atoms with van der Waals surface area (Å²) >= 11 is 0. The number of hydrogen-bond acceptors (Lipinski definition) is 6. The lowest BCUT2D eigenvalue weighted by molar-refractivity contribution is -0.139. The number of rotatable bonds is 8. The number of hydrogen-bond donors (Lipinski definition) is 2. The summed E-state index contributed by atoms with van der Waals surface area (Å²) < 4.78 is 18.4. The van der Waals surface area contributed by atoms with E-state index in [9.17, 15) is 23.6 Å². The van der Waals surface area contributed by atoms with Crippen molar-refractivity contribution in [3.63, 3.8) is 0 Å². The molecule has 2 heterocycles. The van der Waals surface area contributed by atoms with E-state index in [0.29, 0.717) is 16.5 Å². The van der Waals surface area contributed by atoms with E-state index in [1.165, 1.54) is 43.2 Å². The molecule has 0 aliphatic carbocycles. The maximum atomic E-state index is 13.3. The number of nitrogens with zero attached hydrogens (tertiary/aromatic N) is 3. The highest BCUT2D eigenvalue weighted by Crippen LogP contribution is 2.29. The van der Waals surface area contributed by atoms with Gasteiger partial charge in [0.1, 0.15) is 23.7 Å². The number of urea groups is 1. The fourth-order valence-corrected chi connectivity index (χ4v) is 3.94. The number of H-pyrrole nitrogens is 1. The molecule has 1 aliphatic heterocycles. The minimum absolute atomic E-state index is 0.0544. The van der Waals surface area contributed by atoms with Gasteiger partial charge >= 0.3 is 6.03 Å². The minimum Gasteiger partial charge on any atom is -0.383 e. The highest BCUT2D eigenvalue weighted by atomic mass is 19.1. The van der Waals surface area contributed by atoms with Crippen molar-refractivity contribution < 1.29 is 23.5 Å². The average molecular weight is 481 g/mol. The molecule has 4 rings (SSSR count). The Bertz CT molecular complexity index is 1340. The second-order valence-corrected chi connectivity index (χ2v) is 8.29. The first-order valence-corrected chi connectivity index (χ1v) is 10.9. The molecule has 1 aliphatic rings. The topological polar surface area (TPSA) is 125 Å².